The van der Waals surface area contributed by atoms with Crippen molar-refractivity contribution in [1.29, 1.82) is 0 Å². The Balaban J connectivity index is 1.26. The lowest BCUT2D eigenvalue weighted by Crippen LogP contribution is -2.01. The fraction of sp³-hybridized carbons (Fsp3) is 0.0625. The van der Waals surface area contributed by atoms with Gasteiger partial charge in [0.15, 0.2) is 9.84 Å². The van der Waals surface area contributed by atoms with Crippen LogP contribution in [0.1, 0.15) is 11.4 Å². The molecule has 4 heterocycles. The molecule has 0 atom stereocenters. The highest BCUT2D eigenvalue weighted by atomic mass is 32.2. The first kappa shape index (κ1) is 25.6. The molecule has 0 saturated heterocycles. The van der Waals surface area contributed by atoms with Crippen LogP contribution in [0.5, 0.6) is 0 Å². The molecule has 42 heavy (non-hydrogen) atoms. The third kappa shape index (κ3) is 4.99. The van der Waals surface area contributed by atoms with E-state index in [2.05, 4.69) is 33.5 Å². The zero-order chi connectivity index (χ0) is 28.7. The summed E-state index contributed by atoms with van der Waals surface area (Å²) in [6, 6.07) is 30.6. The van der Waals surface area contributed by atoms with Gasteiger partial charge in [0.05, 0.1) is 33.0 Å². The van der Waals surface area contributed by atoms with E-state index in [4.69, 9.17) is 15.0 Å². The minimum absolute atomic E-state index is 0.250. The molecule has 0 saturated carbocycles. The number of pyridine rings is 1. The Hall–Kier alpha value is -5.35. The molecule has 2 N–H and O–H groups in total. The average Bonchev–Trinajstić information content (AvgIpc) is 3.58. The molecular formula is C32H25N7O2S. The molecule has 0 fully saturated rings. The Bertz CT molecular complexity index is 2170. The molecule has 0 spiro atoms. The second kappa shape index (κ2) is 10.2. The third-order valence-corrected chi connectivity index (χ3v) is 8.11. The Morgan fingerprint density at radius 1 is 0.857 bits per heavy atom. The van der Waals surface area contributed by atoms with E-state index in [1.54, 1.807) is 30.5 Å². The molecule has 206 valence electrons. The highest BCUT2D eigenvalue weighted by Crippen LogP contribution is 2.33. The van der Waals surface area contributed by atoms with Crippen LogP contribution in [-0.4, -0.2) is 44.0 Å². The zero-order valence-electron chi connectivity index (χ0n) is 22.6. The first-order valence-electron chi connectivity index (χ1n) is 13.3. The second-order valence-electron chi connectivity index (χ2n) is 10.0. The van der Waals surface area contributed by atoms with Gasteiger partial charge in [0, 0.05) is 36.3 Å². The van der Waals surface area contributed by atoms with Gasteiger partial charge >= 0.3 is 0 Å². The maximum atomic E-state index is 11.8. The summed E-state index contributed by atoms with van der Waals surface area (Å²) < 4.78 is 25.7. The predicted octanol–water partition coefficient (Wildman–Crippen LogP) is 6.07. The van der Waals surface area contributed by atoms with Gasteiger partial charge in [-0.05, 0) is 60.2 Å². The number of nitrogens with zero attached hydrogens (tertiary/aromatic N) is 5. The van der Waals surface area contributed by atoms with Crippen LogP contribution in [-0.2, 0) is 16.3 Å². The average molecular weight is 572 g/mol. The highest BCUT2D eigenvalue weighted by Gasteiger charge is 2.19. The van der Waals surface area contributed by atoms with Crippen molar-refractivity contribution in [3.05, 3.63) is 121 Å². The van der Waals surface area contributed by atoms with Gasteiger partial charge in [0.2, 0.25) is 5.95 Å². The molecule has 0 unspecified atom stereocenters. The van der Waals surface area contributed by atoms with E-state index >= 15 is 0 Å². The van der Waals surface area contributed by atoms with Crippen LogP contribution in [0, 0.1) is 0 Å². The third-order valence-electron chi connectivity index (χ3n) is 6.99. The molecule has 0 bridgehead atoms. The Kier molecular flexibility index (Phi) is 6.24. The quantitative estimate of drug-likeness (QED) is 0.238. The largest absolute Gasteiger partial charge is 0.342 e. The zero-order valence-corrected chi connectivity index (χ0v) is 23.4. The van der Waals surface area contributed by atoms with Gasteiger partial charge in [-0.1, -0.05) is 42.5 Å². The molecule has 0 aliphatic heterocycles. The van der Waals surface area contributed by atoms with Crippen LogP contribution in [0.2, 0.25) is 0 Å². The molecule has 7 rings (SSSR count). The van der Waals surface area contributed by atoms with Gasteiger partial charge in [-0.25, -0.2) is 28.4 Å². The fourth-order valence-corrected chi connectivity index (χ4v) is 5.62. The van der Waals surface area contributed by atoms with Crippen molar-refractivity contribution in [3.63, 3.8) is 0 Å². The lowest BCUT2D eigenvalue weighted by Gasteiger charge is -2.09. The van der Waals surface area contributed by atoms with Gasteiger partial charge in [-0.15, -0.1) is 0 Å². The van der Waals surface area contributed by atoms with Crippen molar-refractivity contribution in [2.24, 2.45) is 0 Å². The van der Waals surface area contributed by atoms with Crippen molar-refractivity contribution < 1.29 is 8.42 Å². The SMILES string of the molecule is CS(=O)(=O)c1ccc(Nc2nccc(-c3c(-c4ccc5nc(Cc6ccccc6)[nH]c5c4)nc4ccccn34)n2)cc1. The Morgan fingerprint density at radius 3 is 2.48 bits per heavy atom. The number of rotatable bonds is 7. The van der Waals surface area contributed by atoms with Crippen LogP contribution in [0.4, 0.5) is 11.6 Å². The number of sulfone groups is 1. The molecule has 10 heteroatoms. The van der Waals surface area contributed by atoms with E-state index in [-0.39, 0.29) is 4.90 Å². The van der Waals surface area contributed by atoms with Gasteiger partial charge in [-0.3, -0.25) is 4.40 Å². The minimum Gasteiger partial charge on any atom is -0.342 e. The molecule has 4 aromatic heterocycles. The molecular weight excluding hydrogens is 546 g/mol. The number of imidazole rings is 2. The Labute approximate surface area is 241 Å². The van der Waals surface area contributed by atoms with E-state index in [9.17, 15) is 8.42 Å². The molecule has 7 aromatic rings. The Morgan fingerprint density at radius 2 is 1.67 bits per heavy atom. The number of benzene rings is 3. The molecule has 3 aromatic carbocycles. The van der Waals surface area contributed by atoms with Crippen LogP contribution >= 0.6 is 0 Å². The summed E-state index contributed by atoms with van der Waals surface area (Å²) in [5.41, 5.74) is 7.71. The summed E-state index contributed by atoms with van der Waals surface area (Å²) in [5, 5.41) is 3.18. The molecule has 9 nitrogen and oxygen atoms in total. The maximum absolute atomic E-state index is 11.8. The summed E-state index contributed by atoms with van der Waals surface area (Å²) in [4.78, 5) is 22.7. The van der Waals surface area contributed by atoms with E-state index in [0.29, 0.717) is 17.3 Å². The van der Waals surface area contributed by atoms with Crippen LogP contribution in [0.25, 0.3) is 39.3 Å². The van der Waals surface area contributed by atoms with Crippen LogP contribution in [0.15, 0.2) is 114 Å². The summed E-state index contributed by atoms with van der Waals surface area (Å²) >= 11 is 0. The number of hydrogen-bond acceptors (Lipinski definition) is 7. The summed E-state index contributed by atoms with van der Waals surface area (Å²) in [6.07, 6.45) is 5.56. The summed E-state index contributed by atoms with van der Waals surface area (Å²) in [6.45, 7) is 0. The lowest BCUT2D eigenvalue weighted by atomic mass is 10.1. The van der Waals surface area contributed by atoms with Gasteiger partial charge < -0.3 is 10.3 Å². The maximum Gasteiger partial charge on any atom is 0.227 e. The number of fused-ring (bicyclic) bond motifs is 2. The smallest absolute Gasteiger partial charge is 0.227 e. The first-order chi connectivity index (χ1) is 20.4. The second-order valence-corrected chi connectivity index (χ2v) is 12.0. The van der Waals surface area contributed by atoms with Gasteiger partial charge in [0.1, 0.15) is 11.5 Å². The molecule has 0 amide bonds. The molecule has 0 radical (unpaired) electrons. The molecule has 0 aliphatic carbocycles. The first-order valence-corrected chi connectivity index (χ1v) is 15.2. The number of hydrogen-bond donors (Lipinski definition) is 2. The van der Waals surface area contributed by atoms with E-state index in [1.807, 2.05) is 65.2 Å². The minimum atomic E-state index is -3.28. The highest BCUT2D eigenvalue weighted by molar-refractivity contribution is 7.90. The van der Waals surface area contributed by atoms with Crippen molar-refractivity contribution in [3.8, 4) is 22.6 Å². The van der Waals surface area contributed by atoms with E-state index in [0.717, 1.165) is 45.9 Å². The summed E-state index contributed by atoms with van der Waals surface area (Å²) in [5.74, 6) is 1.28. The number of aromatic amines is 1. The van der Waals surface area contributed by atoms with Crippen LogP contribution in [0.3, 0.4) is 0 Å². The normalized spacial score (nSPS) is 11.7. The topological polar surface area (TPSA) is 118 Å². The number of aromatic nitrogens is 6. The molecule has 0 aliphatic rings. The summed E-state index contributed by atoms with van der Waals surface area (Å²) in [7, 11) is -3.28. The van der Waals surface area contributed by atoms with Crippen molar-refractivity contribution in [2.45, 2.75) is 11.3 Å². The van der Waals surface area contributed by atoms with Gasteiger partial charge in [0.25, 0.3) is 0 Å². The van der Waals surface area contributed by atoms with E-state index < -0.39 is 9.84 Å². The number of nitrogens with one attached hydrogen (secondary N) is 2. The monoisotopic (exact) mass is 571 g/mol. The van der Waals surface area contributed by atoms with E-state index in [1.165, 1.54) is 11.8 Å². The standard InChI is InChI=1S/C32H25N7O2S/c1-42(40,41)24-13-11-23(12-14-24)34-32-33-17-16-26(37-32)31-30(38-29-9-5-6-18-39(29)31)22-10-15-25-27(20-22)36-28(35-25)19-21-7-3-2-4-8-21/h2-18,20H,19H2,1H3,(H,35,36)(H,33,34,37). The number of anilines is 2. The van der Waals surface area contributed by atoms with Crippen molar-refractivity contribution >= 4 is 38.2 Å². The van der Waals surface area contributed by atoms with Crippen molar-refractivity contribution in [2.75, 3.05) is 11.6 Å². The van der Waals surface area contributed by atoms with Crippen LogP contribution < -0.4 is 5.32 Å². The van der Waals surface area contributed by atoms with Crippen molar-refractivity contribution in [1.82, 2.24) is 29.3 Å². The fourth-order valence-electron chi connectivity index (χ4n) is 4.99. The number of H-pyrrole nitrogens is 1. The lowest BCUT2D eigenvalue weighted by molar-refractivity contribution is 0.602. The predicted molar refractivity (Wildman–Crippen MR) is 163 cm³/mol. The van der Waals surface area contributed by atoms with Gasteiger partial charge in [-0.2, -0.15) is 0 Å².